The summed E-state index contributed by atoms with van der Waals surface area (Å²) in [5, 5.41) is 0. The molecule has 3 heteroatoms. The number of ether oxygens (including phenoxy) is 1. The normalized spacial score (nSPS) is 23.9. The van der Waals surface area contributed by atoms with E-state index in [1.54, 1.807) is 7.11 Å². The van der Waals surface area contributed by atoms with Gasteiger partial charge in [-0.05, 0) is 37.0 Å². The first kappa shape index (κ1) is 13.3. The second kappa shape index (κ2) is 6.73. The first-order valence-corrected chi connectivity index (χ1v) is 8.67. The highest BCUT2D eigenvalue weighted by Crippen LogP contribution is 2.56. The molecule has 0 aliphatic heterocycles. The van der Waals surface area contributed by atoms with Crippen LogP contribution in [0.15, 0.2) is 0 Å². The van der Waals surface area contributed by atoms with E-state index < -0.39 is 7.92 Å². The van der Waals surface area contributed by atoms with E-state index in [0.29, 0.717) is 11.3 Å². The number of methoxy groups -OCH3 is 1. The van der Waals surface area contributed by atoms with E-state index in [4.69, 9.17) is 4.74 Å². The van der Waals surface area contributed by atoms with Crippen LogP contribution in [0.3, 0.4) is 0 Å². The average molecular weight is 256 g/mol. The molecule has 17 heavy (non-hydrogen) atoms. The van der Waals surface area contributed by atoms with E-state index in [0.717, 1.165) is 0 Å². The fraction of sp³-hybridized carbons (Fsp3) is 0.929. The molecule has 0 atom stereocenters. The monoisotopic (exact) mass is 256 g/mol. The quantitative estimate of drug-likeness (QED) is 0.671. The van der Waals surface area contributed by atoms with Crippen molar-refractivity contribution < 1.29 is 9.53 Å². The highest BCUT2D eigenvalue weighted by Gasteiger charge is 2.36. The summed E-state index contributed by atoms with van der Waals surface area (Å²) in [5.41, 5.74) is 1.49. The van der Waals surface area contributed by atoms with Gasteiger partial charge in [-0.2, -0.15) is 0 Å². The SMILES string of the molecule is COC(=O)P(C1CCCCC1)C1CCCCC1. The van der Waals surface area contributed by atoms with Gasteiger partial charge in [-0.15, -0.1) is 0 Å². The molecule has 2 aliphatic rings. The maximum Gasteiger partial charge on any atom is 0.326 e. The Balaban J connectivity index is 2.02. The van der Waals surface area contributed by atoms with Crippen LogP contribution >= 0.6 is 7.92 Å². The summed E-state index contributed by atoms with van der Waals surface area (Å²) in [6, 6.07) is 0. The summed E-state index contributed by atoms with van der Waals surface area (Å²) in [6.07, 6.45) is 13.1. The van der Waals surface area contributed by atoms with Crippen LogP contribution in [0.2, 0.25) is 0 Å². The van der Waals surface area contributed by atoms with Crippen LogP contribution in [0.4, 0.5) is 4.79 Å². The van der Waals surface area contributed by atoms with Crippen LogP contribution in [-0.4, -0.2) is 24.1 Å². The molecule has 0 radical (unpaired) electrons. The van der Waals surface area contributed by atoms with Gasteiger partial charge in [-0.3, -0.25) is 0 Å². The minimum atomic E-state index is -0.519. The first-order valence-electron chi connectivity index (χ1n) is 7.19. The molecule has 2 aliphatic carbocycles. The van der Waals surface area contributed by atoms with Gasteiger partial charge in [0.2, 0.25) is 0 Å². The number of carbonyl (C=O) groups is 1. The topological polar surface area (TPSA) is 26.3 Å². The zero-order valence-corrected chi connectivity index (χ0v) is 11.9. The molecule has 0 spiro atoms. The van der Waals surface area contributed by atoms with E-state index >= 15 is 0 Å². The Morgan fingerprint density at radius 2 is 1.29 bits per heavy atom. The molecule has 2 nitrogen and oxygen atoms in total. The fourth-order valence-corrected chi connectivity index (χ4v) is 6.67. The van der Waals surface area contributed by atoms with Gasteiger partial charge in [0.15, 0.2) is 0 Å². The molecule has 2 rings (SSSR count). The van der Waals surface area contributed by atoms with Gasteiger partial charge >= 0.3 is 5.71 Å². The molecular weight excluding hydrogens is 231 g/mol. The number of carbonyl (C=O) groups excluding carboxylic acids is 1. The van der Waals surface area contributed by atoms with Crippen LogP contribution in [0, 0.1) is 0 Å². The van der Waals surface area contributed by atoms with E-state index in [9.17, 15) is 4.79 Å². The summed E-state index contributed by atoms with van der Waals surface area (Å²) in [5.74, 6) is 0. The lowest BCUT2D eigenvalue weighted by Crippen LogP contribution is -2.24. The van der Waals surface area contributed by atoms with E-state index in [2.05, 4.69) is 0 Å². The van der Waals surface area contributed by atoms with Gasteiger partial charge in [-0.25, -0.2) is 4.79 Å². The number of hydrogen-bond acceptors (Lipinski definition) is 2. The second-order valence-electron chi connectivity index (χ2n) is 5.46. The second-order valence-corrected chi connectivity index (χ2v) is 8.10. The fourth-order valence-electron chi connectivity index (χ4n) is 3.42. The van der Waals surface area contributed by atoms with Crippen molar-refractivity contribution in [2.75, 3.05) is 7.11 Å². The van der Waals surface area contributed by atoms with Crippen molar-refractivity contribution in [3.63, 3.8) is 0 Å². The molecule has 0 saturated heterocycles. The molecule has 0 bridgehead atoms. The Morgan fingerprint density at radius 1 is 0.882 bits per heavy atom. The van der Waals surface area contributed by atoms with Gasteiger partial charge < -0.3 is 4.74 Å². The zero-order chi connectivity index (χ0) is 12.1. The summed E-state index contributed by atoms with van der Waals surface area (Å²) >= 11 is 0. The molecule has 0 N–H and O–H groups in total. The van der Waals surface area contributed by atoms with Crippen molar-refractivity contribution in [1.82, 2.24) is 0 Å². The molecular formula is C14H25O2P. The third kappa shape index (κ3) is 3.44. The third-order valence-electron chi connectivity index (χ3n) is 4.32. The largest absolute Gasteiger partial charge is 0.466 e. The number of rotatable bonds is 3. The first-order chi connectivity index (χ1) is 8.33. The van der Waals surface area contributed by atoms with E-state index in [-0.39, 0.29) is 5.71 Å². The minimum absolute atomic E-state index is 0.138. The predicted octanol–water partition coefficient (Wildman–Crippen LogP) is 4.90. The lowest BCUT2D eigenvalue weighted by molar-refractivity contribution is 0.198. The molecule has 0 aromatic rings. The van der Waals surface area contributed by atoms with E-state index in [1.165, 1.54) is 64.2 Å². The lowest BCUT2D eigenvalue weighted by Gasteiger charge is -2.35. The lowest BCUT2D eigenvalue weighted by atomic mass is 9.99. The Hall–Kier alpha value is -0.100. The maximum atomic E-state index is 12.1. The highest BCUT2D eigenvalue weighted by molar-refractivity contribution is 7.75. The molecule has 0 aromatic heterocycles. The zero-order valence-electron chi connectivity index (χ0n) is 11.0. The van der Waals surface area contributed by atoms with Crippen molar-refractivity contribution >= 4 is 13.6 Å². The van der Waals surface area contributed by atoms with Gasteiger partial charge in [-0.1, -0.05) is 38.5 Å². The Bertz CT molecular complexity index is 225. The van der Waals surface area contributed by atoms with Crippen molar-refractivity contribution in [3.8, 4) is 0 Å². The summed E-state index contributed by atoms with van der Waals surface area (Å²) in [6.45, 7) is 0. The average Bonchev–Trinajstić information content (AvgIpc) is 2.41. The molecule has 0 heterocycles. The molecule has 0 amide bonds. The van der Waals surface area contributed by atoms with Crippen molar-refractivity contribution in [3.05, 3.63) is 0 Å². The number of hydrogen-bond donors (Lipinski definition) is 0. The van der Waals surface area contributed by atoms with Crippen LogP contribution in [0.1, 0.15) is 64.2 Å². The summed E-state index contributed by atoms with van der Waals surface area (Å²) in [7, 11) is 1.05. The predicted molar refractivity (Wildman–Crippen MR) is 73.1 cm³/mol. The summed E-state index contributed by atoms with van der Waals surface area (Å²) in [4.78, 5) is 12.1. The van der Waals surface area contributed by atoms with Crippen LogP contribution in [0.5, 0.6) is 0 Å². The summed E-state index contributed by atoms with van der Waals surface area (Å²) < 4.78 is 5.11. The third-order valence-corrected chi connectivity index (χ3v) is 7.53. The van der Waals surface area contributed by atoms with Gasteiger partial charge in [0, 0.05) is 7.92 Å². The van der Waals surface area contributed by atoms with Crippen molar-refractivity contribution in [1.29, 1.82) is 0 Å². The molecule has 0 aromatic carbocycles. The Labute approximate surface area is 106 Å². The van der Waals surface area contributed by atoms with Crippen LogP contribution in [0.25, 0.3) is 0 Å². The van der Waals surface area contributed by atoms with Gasteiger partial charge in [0.1, 0.15) is 0 Å². The molecule has 0 unspecified atom stereocenters. The molecule has 2 fully saturated rings. The standard InChI is InChI=1S/C14H25O2P/c1-16-14(15)17(12-8-4-2-5-9-12)13-10-6-3-7-11-13/h12-13H,2-11H2,1H3. The van der Waals surface area contributed by atoms with E-state index in [1.807, 2.05) is 0 Å². The van der Waals surface area contributed by atoms with Gasteiger partial charge in [0.05, 0.1) is 7.11 Å². The molecule has 98 valence electrons. The van der Waals surface area contributed by atoms with Gasteiger partial charge in [0.25, 0.3) is 0 Å². The Kier molecular flexibility index (Phi) is 5.28. The smallest absolute Gasteiger partial charge is 0.326 e. The van der Waals surface area contributed by atoms with Crippen LogP contribution < -0.4 is 0 Å². The Morgan fingerprint density at radius 3 is 1.65 bits per heavy atom. The van der Waals surface area contributed by atoms with Crippen molar-refractivity contribution in [2.45, 2.75) is 75.5 Å². The van der Waals surface area contributed by atoms with Crippen LogP contribution in [-0.2, 0) is 4.74 Å². The highest BCUT2D eigenvalue weighted by atomic mass is 31.1. The maximum absolute atomic E-state index is 12.1. The van der Waals surface area contributed by atoms with Crippen molar-refractivity contribution in [2.24, 2.45) is 0 Å². The molecule has 2 saturated carbocycles. The minimum Gasteiger partial charge on any atom is -0.466 e.